The van der Waals surface area contributed by atoms with E-state index in [1.165, 1.54) is 0 Å². The van der Waals surface area contributed by atoms with E-state index in [2.05, 4.69) is 25.5 Å². The van der Waals surface area contributed by atoms with Crippen molar-refractivity contribution in [2.45, 2.75) is 13.5 Å². The Balaban J connectivity index is 1.67. The molecular weight excluding hydrogens is 294 g/mol. The molecule has 1 amide bonds. The van der Waals surface area contributed by atoms with Crippen LogP contribution >= 0.6 is 0 Å². The predicted octanol–water partition coefficient (Wildman–Crippen LogP) is 1.81. The van der Waals surface area contributed by atoms with Crippen molar-refractivity contribution in [1.82, 2.24) is 25.5 Å². The first-order valence-corrected chi connectivity index (χ1v) is 7.03. The lowest BCUT2D eigenvalue weighted by atomic mass is 10.1. The largest absolute Gasteiger partial charge is 0.507 e. The van der Waals surface area contributed by atoms with E-state index >= 15 is 0 Å². The van der Waals surface area contributed by atoms with Crippen LogP contribution in [0, 0.1) is 6.92 Å². The zero-order valence-electron chi connectivity index (χ0n) is 12.4. The van der Waals surface area contributed by atoms with Gasteiger partial charge in [-0.2, -0.15) is 5.10 Å². The minimum absolute atomic E-state index is 0.0439. The smallest absolute Gasteiger partial charge is 0.255 e. The fourth-order valence-electron chi connectivity index (χ4n) is 2.10. The lowest BCUT2D eigenvalue weighted by Gasteiger charge is -2.05. The quantitative estimate of drug-likeness (QED) is 0.682. The van der Waals surface area contributed by atoms with Crippen molar-refractivity contribution in [2.24, 2.45) is 0 Å². The Kier molecular flexibility index (Phi) is 4.01. The van der Waals surface area contributed by atoms with Crippen molar-refractivity contribution < 1.29 is 9.90 Å². The molecule has 2 heterocycles. The third kappa shape index (κ3) is 3.34. The van der Waals surface area contributed by atoms with Gasteiger partial charge in [-0.3, -0.25) is 14.9 Å². The third-order valence-electron chi connectivity index (χ3n) is 3.28. The SMILES string of the molecule is Cc1ccc(C(=O)NCc2nc(-c3ccncc3)n[nH]2)c(O)c1. The van der Waals surface area contributed by atoms with Crippen molar-refractivity contribution in [3.63, 3.8) is 0 Å². The van der Waals surface area contributed by atoms with Gasteiger partial charge in [0.05, 0.1) is 12.1 Å². The number of pyridine rings is 1. The number of carbonyl (C=O) groups is 1. The number of nitrogens with one attached hydrogen (secondary N) is 2. The summed E-state index contributed by atoms with van der Waals surface area (Å²) in [7, 11) is 0. The molecule has 1 aromatic carbocycles. The van der Waals surface area contributed by atoms with Gasteiger partial charge >= 0.3 is 0 Å². The summed E-state index contributed by atoms with van der Waals surface area (Å²) in [5.74, 6) is 0.647. The molecule has 2 aromatic heterocycles. The molecule has 0 radical (unpaired) electrons. The second-order valence-corrected chi connectivity index (χ2v) is 5.04. The monoisotopic (exact) mass is 309 g/mol. The lowest BCUT2D eigenvalue weighted by molar-refractivity contribution is 0.0947. The highest BCUT2D eigenvalue weighted by atomic mass is 16.3. The molecule has 7 nitrogen and oxygen atoms in total. The standard InChI is InChI=1S/C16H15N5O2/c1-10-2-3-12(13(22)8-10)16(23)18-9-14-19-15(21-20-14)11-4-6-17-7-5-11/h2-8,22H,9H2,1H3,(H,18,23)(H,19,20,21). The zero-order chi connectivity index (χ0) is 16.2. The number of phenolic OH excluding ortho intramolecular Hbond substituents is 1. The van der Waals surface area contributed by atoms with E-state index in [9.17, 15) is 9.90 Å². The molecule has 0 aliphatic carbocycles. The van der Waals surface area contributed by atoms with Crippen LogP contribution in [-0.4, -0.2) is 31.2 Å². The van der Waals surface area contributed by atoms with Gasteiger partial charge in [0.15, 0.2) is 5.82 Å². The molecule has 3 aromatic rings. The molecule has 0 aliphatic heterocycles. The molecular formula is C16H15N5O2. The number of aromatic nitrogens is 4. The molecule has 0 aliphatic rings. The highest BCUT2D eigenvalue weighted by molar-refractivity contribution is 5.96. The maximum Gasteiger partial charge on any atom is 0.255 e. The Morgan fingerprint density at radius 1 is 1.26 bits per heavy atom. The van der Waals surface area contributed by atoms with Crippen molar-refractivity contribution >= 4 is 5.91 Å². The Hall–Kier alpha value is -3.22. The van der Waals surface area contributed by atoms with E-state index in [-0.39, 0.29) is 23.8 Å². The molecule has 0 bridgehead atoms. The molecule has 23 heavy (non-hydrogen) atoms. The Morgan fingerprint density at radius 2 is 2.04 bits per heavy atom. The van der Waals surface area contributed by atoms with Gasteiger partial charge in [0.25, 0.3) is 5.91 Å². The van der Waals surface area contributed by atoms with Crippen LogP contribution in [0.15, 0.2) is 42.7 Å². The molecule has 0 unspecified atom stereocenters. The number of rotatable bonds is 4. The van der Waals surface area contributed by atoms with Crippen LogP contribution in [0.1, 0.15) is 21.7 Å². The number of hydrogen-bond acceptors (Lipinski definition) is 5. The number of aromatic hydroxyl groups is 1. The van der Waals surface area contributed by atoms with Crippen LogP contribution in [0.4, 0.5) is 0 Å². The zero-order valence-corrected chi connectivity index (χ0v) is 12.4. The van der Waals surface area contributed by atoms with E-state index in [0.717, 1.165) is 11.1 Å². The first-order valence-electron chi connectivity index (χ1n) is 7.03. The number of aryl methyl sites for hydroxylation is 1. The van der Waals surface area contributed by atoms with Crippen molar-refractivity contribution in [3.8, 4) is 17.1 Å². The Bertz CT molecular complexity index is 829. The molecule has 0 spiro atoms. The number of benzene rings is 1. The normalized spacial score (nSPS) is 10.5. The number of phenols is 1. The first kappa shape index (κ1) is 14.7. The molecule has 0 atom stereocenters. The van der Waals surface area contributed by atoms with Crippen LogP contribution in [0.5, 0.6) is 5.75 Å². The van der Waals surface area contributed by atoms with Gasteiger partial charge in [0, 0.05) is 18.0 Å². The Labute approximate surface area is 132 Å². The van der Waals surface area contributed by atoms with Crippen LogP contribution in [0.3, 0.4) is 0 Å². The van der Waals surface area contributed by atoms with E-state index in [4.69, 9.17) is 0 Å². The minimum atomic E-state index is -0.371. The summed E-state index contributed by atoms with van der Waals surface area (Å²) in [5, 5.41) is 19.4. The number of hydrogen-bond donors (Lipinski definition) is 3. The predicted molar refractivity (Wildman–Crippen MR) is 83.6 cm³/mol. The molecule has 0 fully saturated rings. The average molecular weight is 309 g/mol. The number of H-pyrrole nitrogens is 1. The van der Waals surface area contributed by atoms with Gasteiger partial charge in [0.2, 0.25) is 0 Å². The summed E-state index contributed by atoms with van der Waals surface area (Å²) >= 11 is 0. The van der Waals surface area contributed by atoms with Gasteiger partial charge in [-0.15, -0.1) is 0 Å². The summed E-state index contributed by atoms with van der Waals surface area (Å²) in [6.07, 6.45) is 3.32. The van der Waals surface area contributed by atoms with Crippen LogP contribution in [0.2, 0.25) is 0 Å². The topological polar surface area (TPSA) is 104 Å². The highest BCUT2D eigenvalue weighted by Gasteiger charge is 2.12. The number of carbonyl (C=O) groups excluding carboxylic acids is 1. The first-order chi connectivity index (χ1) is 11.1. The van der Waals surface area contributed by atoms with E-state index < -0.39 is 0 Å². The second-order valence-electron chi connectivity index (χ2n) is 5.04. The van der Waals surface area contributed by atoms with Gasteiger partial charge in [0.1, 0.15) is 11.6 Å². The third-order valence-corrected chi connectivity index (χ3v) is 3.28. The fourth-order valence-corrected chi connectivity index (χ4v) is 2.10. The van der Waals surface area contributed by atoms with Gasteiger partial charge in [-0.05, 0) is 36.8 Å². The Morgan fingerprint density at radius 3 is 2.78 bits per heavy atom. The minimum Gasteiger partial charge on any atom is -0.507 e. The highest BCUT2D eigenvalue weighted by Crippen LogP contribution is 2.18. The van der Waals surface area contributed by atoms with Gasteiger partial charge in [-0.1, -0.05) is 6.07 Å². The lowest BCUT2D eigenvalue weighted by Crippen LogP contribution is -2.23. The molecule has 0 saturated carbocycles. The summed E-state index contributed by atoms with van der Waals surface area (Å²) in [6.45, 7) is 2.03. The molecule has 7 heteroatoms. The van der Waals surface area contributed by atoms with E-state index in [1.807, 2.05) is 6.92 Å². The van der Waals surface area contributed by atoms with Crippen LogP contribution in [0.25, 0.3) is 11.4 Å². The average Bonchev–Trinajstić information content (AvgIpc) is 3.02. The molecule has 3 rings (SSSR count). The van der Waals surface area contributed by atoms with E-state index in [0.29, 0.717) is 11.6 Å². The van der Waals surface area contributed by atoms with Crippen molar-refractivity contribution in [1.29, 1.82) is 0 Å². The number of nitrogens with zero attached hydrogens (tertiary/aromatic N) is 3. The molecule has 0 saturated heterocycles. The summed E-state index contributed by atoms with van der Waals surface area (Å²) in [6, 6.07) is 8.50. The van der Waals surface area contributed by atoms with Crippen molar-refractivity contribution in [2.75, 3.05) is 0 Å². The maximum atomic E-state index is 12.1. The summed E-state index contributed by atoms with van der Waals surface area (Å²) in [4.78, 5) is 20.3. The summed E-state index contributed by atoms with van der Waals surface area (Å²) in [5.41, 5.74) is 1.95. The molecule has 116 valence electrons. The molecule has 3 N–H and O–H groups in total. The van der Waals surface area contributed by atoms with Crippen LogP contribution < -0.4 is 5.32 Å². The number of amides is 1. The van der Waals surface area contributed by atoms with Crippen molar-refractivity contribution in [3.05, 3.63) is 59.7 Å². The van der Waals surface area contributed by atoms with E-state index in [1.54, 1.807) is 42.7 Å². The number of aromatic amines is 1. The maximum absolute atomic E-state index is 12.1. The van der Waals surface area contributed by atoms with Crippen LogP contribution in [-0.2, 0) is 6.54 Å². The second kappa shape index (κ2) is 6.27. The van der Waals surface area contributed by atoms with Gasteiger partial charge < -0.3 is 10.4 Å². The fraction of sp³-hybridized carbons (Fsp3) is 0.125. The van der Waals surface area contributed by atoms with Gasteiger partial charge in [-0.25, -0.2) is 4.98 Å². The summed E-state index contributed by atoms with van der Waals surface area (Å²) < 4.78 is 0.